The number of hydrogen-bond donors (Lipinski definition) is 0. The van der Waals surface area contributed by atoms with Gasteiger partial charge in [-0.15, -0.1) is 0 Å². The van der Waals surface area contributed by atoms with E-state index in [2.05, 4.69) is 27.7 Å². The van der Waals surface area contributed by atoms with Gasteiger partial charge in [-0.1, -0.05) is 20.8 Å². The fourth-order valence-electron chi connectivity index (χ4n) is 6.21. The van der Waals surface area contributed by atoms with E-state index in [1.165, 1.54) is 25.7 Å². The Morgan fingerprint density at radius 3 is 2.50 bits per heavy atom. The molecular formula is C15H24O. The number of epoxide rings is 1. The molecule has 3 saturated carbocycles. The van der Waals surface area contributed by atoms with Gasteiger partial charge in [0.15, 0.2) is 0 Å². The summed E-state index contributed by atoms with van der Waals surface area (Å²) >= 11 is 0. The van der Waals surface area contributed by atoms with Crippen molar-refractivity contribution in [2.45, 2.75) is 65.1 Å². The minimum Gasteiger partial charge on any atom is -0.366 e. The van der Waals surface area contributed by atoms with E-state index in [0.717, 1.165) is 17.8 Å². The lowest BCUT2D eigenvalue weighted by atomic mass is 9.66. The van der Waals surface area contributed by atoms with Crippen molar-refractivity contribution in [3.8, 4) is 0 Å². The average Bonchev–Trinajstić information content (AvgIpc) is 2.67. The smallest absolute Gasteiger partial charge is 0.0954 e. The minimum absolute atomic E-state index is 0.263. The third-order valence-corrected chi connectivity index (χ3v) is 7.18. The third-order valence-electron chi connectivity index (χ3n) is 7.18. The van der Waals surface area contributed by atoms with E-state index in [9.17, 15) is 0 Å². The van der Waals surface area contributed by atoms with Gasteiger partial charge < -0.3 is 4.74 Å². The standard InChI is InChI=1S/C15H24O/c1-9-5-6-10-13(2,3)11-7-15(9,10)8-12-14(11,4)16-12/h9-12H,5-8H2,1-4H3/t9-,10-,11?,12?,14?,15+/m0/s1. The summed E-state index contributed by atoms with van der Waals surface area (Å²) in [6.07, 6.45) is 6.38. The largest absolute Gasteiger partial charge is 0.366 e. The molecule has 1 spiro atoms. The van der Waals surface area contributed by atoms with Crippen LogP contribution in [0.5, 0.6) is 0 Å². The highest BCUT2D eigenvalue weighted by Crippen LogP contribution is 2.77. The van der Waals surface area contributed by atoms with Gasteiger partial charge in [-0.3, -0.25) is 0 Å². The Bertz CT molecular complexity index is 356. The maximum absolute atomic E-state index is 6.09. The summed E-state index contributed by atoms with van der Waals surface area (Å²) in [7, 11) is 0. The first-order valence-electron chi connectivity index (χ1n) is 7.09. The SMILES string of the molecule is C[C@H]1CC[C@H]2C(C)(C)C3C[C@@]12CC1OC13C. The highest BCUT2D eigenvalue weighted by molar-refractivity contribution is 5.24. The van der Waals surface area contributed by atoms with Crippen molar-refractivity contribution in [2.75, 3.05) is 0 Å². The second-order valence-corrected chi connectivity index (χ2v) is 7.84. The first-order valence-corrected chi connectivity index (χ1v) is 7.09. The number of ether oxygens (including phenoxy) is 1. The van der Waals surface area contributed by atoms with Crippen LogP contribution >= 0.6 is 0 Å². The average molecular weight is 220 g/mol. The van der Waals surface area contributed by atoms with E-state index in [1.54, 1.807) is 0 Å². The van der Waals surface area contributed by atoms with Crippen molar-refractivity contribution >= 4 is 0 Å². The number of fused-ring (bicyclic) bond motifs is 3. The van der Waals surface area contributed by atoms with Crippen LogP contribution in [0, 0.1) is 28.6 Å². The second kappa shape index (κ2) is 2.39. The van der Waals surface area contributed by atoms with E-state index < -0.39 is 0 Å². The van der Waals surface area contributed by atoms with Crippen molar-refractivity contribution < 1.29 is 4.74 Å². The lowest BCUT2D eigenvalue weighted by molar-refractivity contribution is 0.0866. The monoisotopic (exact) mass is 220 g/mol. The Morgan fingerprint density at radius 2 is 1.75 bits per heavy atom. The van der Waals surface area contributed by atoms with Crippen LogP contribution in [0.15, 0.2) is 0 Å². The molecule has 2 bridgehead atoms. The molecule has 0 aromatic carbocycles. The summed E-state index contributed by atoms with van der Waals surface area (Å²) in [6.45, 7) is 9.93. The van der Waals surface area contributed by atoms with Gasteiger partial charge in [-0.05, 0) is 61.2 Å². The molecule has 4 rings (SSSR count). The third kappa shape index (κ3) is 0.805. The molecule has 0 radical (unpaired) electrons. The molecule has 4 fully saturated rings. The maximum atomic E-state index is 6.09. The Morgan fingerprint density at radius 1 is 1.00 bits per heavy atom. The molecule has 0 amide bonds. The van der Waals surface area contributed by atoms with Gasteiger partial charge in [-0.25, -0.2) is 0 Å². The zero-order valence-corrected chi connectivity index (χ0v) is 11.0. The van der Waals surface area contributed by atoms with Gasteiger partial charge in [0.25, 0.3) is 0 Å². The van der Waals surface area contributed by atoms with Crippen LogP contribution in [-0.4, -0.2) is 11.7 Å². The molecule has 1 aliphatic heterocycles. The fourth-order valence-corrected chi connectivity index (χ4v) is 6.21. The van der Waals surface area contributed by atoms with Crippen molar-refractivity contribution in [3.63, 3.8) is 0 Å². The minimum atomic E-state index is 0.263. The Hall–Kier alpha value is -0.0400. The topological polar surface area (TPSA) is 12.5 Å². The van der Waals surface area contributed by atoms with E-state index in [1.807, 2.05) is 0 Å². The lowest BCUT2D eigenvalue weighted by Crippen LogP contribution is -2.36. The first-order chi connectivity index (χ1) is 7.41. The highest BCUT2D eigenvalue weighted by Gasteiger charge is 2.76. The van der Waals surface area contributed by atoms with Crippen molar-refractivity contribution in [3.05, 3.63) is 0 Å². The van der Waals surface area contributed by atoms with Crippen LogP contribution in [-0.2, 0) is 4.74 Å². The number of rotatable bonds is 0. The molecule has 0 N–H and O–H groups in total. The number of hydrogen-bond acceptors (Lipinski definition) is 1. The molecule has 1 nitrogen and oxygen atoms in total. The normalized spacial score (nSPS) is 65.2. The quantitative estimate of drug-likeness (QED) is 0.568. The van der Waals surface area contributed by atoms with E-state index in [4.69, 9.17) is 4.74 Å². The van der Waals surface area contributed by atoms with Crippen LogP contribution in [0.25, 0.3) is 0 Å². The maximum Gasteiger partial charge on any atom is 0.0954 e. The van der Waals surface area contributed by atoms with Gasteiger partial charge in [0, 0.05) is 0 Å². The van der Waals surface area contributed by atoms with Crippen LogP contribution in [0.1, 0.15) is 53.4 Å². The van der Waals surface area contributed by atoms with Gasteiger partial charge in [0.2, 0.25) is 0 Å². The van der Waals surface area contributed by atoms with Crippen molar-refractivity contribution in [1.29, 1.82) is 0 Å². The highest BCUT2D eigenvalue weighted by atomic mass is 16.6. The second-order valence-electron chi connectivity index (χ2n) is 7.84. The molecule has 1 heterocycles. The molecule has 4 aliphatic rings. The zero-order chi connectivity index (χ0) is 11.3. The Balaban J connectivity index is 1.85. The summed E-state index contributed by atoms with van der Waals surface area (Å²) in [6, 6.07) is 0. The summed E-state index contributed by atoms with van der Waals surface area (Å²) in [5, 5.41) is 0. The molecule has 0 aromatic rings. The van der Waals surface area contributed by atoms with Gasteiger partial charge >= 0.3 is 0 Å². The van der Waals surface area contributed by atoms with Gasteiger partial charge in [-0.2, -0.15) is 0 Å². The van der Waals surface area contributed by atoms with E-state index in [0.29, 0.717) is 16.9 Å². The molecule has 6 atom stereocenters. The van der Waals surface area contributed by atoms with Crippen LogP contribution in [0.3, 0.4) is 0 Å². The Labute approximate surface area is 98.9 Å². The lowest BCUT2D eigenvalue weighted by Gasteiger charge is -2.37. The predicted octanol–water partition coefficient (Wildman–Crippen LogP) is 3.63. The molecule has 90 valence electrons. The van der Waals surface area contributed by atoms with Crippen LogP contribution in [0.4, 0.5) is 0 Å². The summed E-state index contributed by atoms with van der Waals surface area (Å²) in [5.74, 6) is 2.75. The molecule has 16 heavy (non-hydrogen) atoms. The molecule has 3 unspecified atom stereocenters. The molecule has 3 aliphatic carbocycles. The van der Waals surface area contributed by atoms with Crippen molar-refractivity contribution in [1.82, 2.24) is 0 Å². The van der Waals surface area contributed by atoms with E-state index >= 15 is 0 Å². The predicted molar refractivity (Wildman–Crippen MR) is 64.1 cm³/mol. The van der Waals surface area contributed by atoms with Gasteiger partial charge in [0.1, 0.15) is 0 Å². The fraction of sp³-hybridized carbons (Fsp3) is 1.00. The summed E-state index contributed by atoms with van der Waals surface area (Å²) in [4.78, 5) is 0. The van der Waals surface area contributed by atoms with Gasteiger partial charge in [0.05, 0.1) is 11.7 Å². The summed E-state index contributed by atoms with van der Waals surface area (Å²) in [5.41, 5.74) is 1.44. The van der Waals surface area contributed by atoms with Crippen LogP contribution in [0.2, 0.25) is 0 Å². The molecular weight excluding hydrogens is 196 g/mol. The molecule has 1 heteroatoms. The molecule has 1 saturated heterocycles. The zero-order valence-electron chi connectivity index (χ0n) is 11.0. The van der Waals surface area contributed by atoms with Crippen LogP contribution < -0.4 is 0 Å². The Kier molecular flexibility index (Phi) is 1.48. The summed E-state index contributed by atoms with van der Waals surface area (Å²) < 4.78 is 6.09. The molecule has 0 aromatic heterocycles. The van der Waals surface area contributed by atoms with E-state index in [-0.39, 0.29) is 5.60 Å². The van der Waals surface area contributed by atoms with Crippen molar-refractivity contribution in [2.24, 2.45) is 28.6 Å². The first kappa shape index (κ1) is 9.94.